The van der Waals surface area contributed by atoms with Crippen molar-refractivity contribution >= 4 is 35.2 Å². The monoisotopic (exact) mass is 296 g/mol. The first-order valence-electron chi connectivity index (χ1n) is 5.55. The van der Waals surface area contributed by atoms with E-state index in [0.717, 1.165) is 11.5 Å². The number of aromatic nitrogens is 2. The molecule has 0 saturated carbocycles. The van der Waals surface area contributed by atoms with Gasteiger partial charge < -0.3 is 11.5 Å². The second-order valence-corrected chi connectivity index (χ2v) is 5.83. The van der Waals surface area contributed by atoms with E-state index >= 15 is 0 Å². The molecule has 4 nitrogen and oxygen atoms in total. The van der Waals surface area contributed by atoms with Crippen molar-refractivity contribution < 1.29 is 4.39 Å². The summed E-state index contributed by atoms with van der Waals surface area (Å²) < 4.78 is 13.4. The van der Waals surface area contributed by atoms with Gasteiger partial charge in [-0.25, -0.2) is 14.4 Å². The van der Waals surface area contributed by atoms with Crippen LogP contribution in [-0.4, -0.2) is 21.5 Å². The Morgan fingerprint density at radius 3 is 2.32 bits per heavy atom. The predicted octanol–water partition coefficient (Wildman–Crippen LogP) is 2.66. The van der Waals surface area contributed by atoms with Gasteiger partial charge in [-0.3, -0.25) is 0 Å². The van der Waals surface area contributed by atoms with Crippen molar-refractivity contribution in [1.82, 2.24) is 9.97 Å². The van der Waals surface area contributed by atoms with Crippen LogP contribution in [0.3, 0.4) is 0 Å². The number of hydrogen-bond donors (Lipinski definition) is 2. The highest BCUT2D eigenvalue weighted by atomic mass is 32.2. The lowest BCUT2D eigenvalue weighted by Crippen LogP contribution is -1.99. The van der Waals surface area contributed by atoms with E-state index in [2.05, 4.69) is 9.97 Å². The number of hydrogen-bond acceptors (Lipinski definition) is 6. The Hall–Kier alpha value is -1.47. The molecule has 1 aromatic heterocycles. The van der Waals surface area contributed by atoms with Crippen LogP contribution in [0.25, 0.3) is 0 Å². The summed E-state index contributed by atoms with van der Waals surface area (Å²) in [5, 5.41) is 0.548. The molecule has 0 unspecified atom stereocenters. The largest absolute Gasteiger partial charge is 0.383 e. The maximum atomic E-state index is 13.4. The van der Waals surface area contributed by atoms with Crippen LogP contribution in [-0.2, 0) is 0 Å². The maximum Gasteiger partial charge on any atom is 0.191 e. The van der Waals surface area contributed by atoms with Gasteiger partial charge in [-0.05, 0) is 12.1 Å². The number of benzene rings is 1. The van der Waals surface area contributed by atoms with Crippen LogP contribution in [0.15, 0.2) is 40.4 Å². The van der Waals surface area contributed by atoms with Gasteiger partial charge in [-0.1, -0.05) is 23.9 Å². The van der Waals surface area contributed by atoms with Gasteiger partial charge in [0.1, 0.15) is 17.5 Å². The van der Waals surface area contributed by atoms with Gasteiger partial charge in [0.15, 0.2) is 5.16 Å². The van der Waals surface area contributed by atoms with Crippen molar-refractivity contribution in [3.05, 3.63) is 36.1 Å². The average molecular weight is 296 g/mol. The van der Waals surface area contributed by atoms with Crippen LogP contribution in [0, 0.1) is 5.82 Å². The average Bonchev–Trinajstić information content (AvgIpc) is 2.35. The maximum absolute atomic E-state index is 13.4. The zero-order valence-corrected chi connectivity index (χ0v) is 11.7. The number of halogens is 1. The first-order chi connectivity index (χ1) is 9.15. The second-order valence-electron chi connectivity index (χ2n) is 3.63. The molecule has 0 aliphatic carbocycles. The molecule has 0 saturated heterocycles. The van der Waals surface area contributed by atoms with E-state index in [1.165, 1.54) is 35.7 Å². The number of nitrogen functional groups attached to an aromatic ring is 2. The summed E-state index contributed by atoms with van der Waals surface area (Å²) in [4.78, 5) is 8.77. The molecule has 0 fully saturated rings. The van der Waals surface area contributed by atoms with E-state index in [1.807, 2.05) is 6.07 Å². The fourth-order valence-corrected chi connectivity index (χ4v) is 3.16. The molecular weight excluding hydrogens is 283 g/mol. The van der Waals surface area contributed by atoms with Crippen molar-refractivity contribution in [3.8, 4) is 0 Å². The molecule has 2 rings (SSSR count). The van der Waals surface area contributed by atoms with E-state index in [1.54, 1.807) is 12.1 Å². The Balaban J connectivity index is 1.82. The fraction of sp³-hybridized carbons (Fsp3) is 0.167. The van der Waals surface area contributed by atoms with Crippen molar-refractivity contribution in [1.29, 1.82) is 0 Å². The summed E-state index contributed by atoms with van der Waals surface area (Å²) in [6.07, 6.45) is 0. The van der Waals surface area contributed by atoms with E-state index in [9.17, 15) is 4.39 Å². The lowest BCUT2D eigenvalue weighted by molar-refractivity contribution is 0.602. The highest BCUT2D eigenvalue weighted by Gasteiger charge is 2.03. The quantitative estimate of drug-likeness (QED) is 0.502. The van der Waals surface area contributed by atoms with E-state index in [0.29, 0.717) is 21.7 Å². The Morgan fingerprint density at radius 2 is 1.63 bits per heavy atom. The molecule has 0 atom stereocenters. The number of thioether (sulfide) groups is 2. The summed E-state index contributed by atoms with van der Waals surface area (Å²) in [7, 11) is 0. The lowest BCUT2D eigenvalue weighted by Gasteiger charge is -2.03. The Labute approximate surface area is 119 Å². The standard InChI is InChI=1S/C12H13FN4S2/c13-8-3-1-2-4-9(8)18-5-6-19-12-16-10(14)7-11(15)17-12/h1-4,7H,5-6H2,(H4,14,15,16,17). The molecule has 0 aliphatic heterocycles. The van der Waals surface area contributed by atoms with Crippen molar-refractivity contribution in [2.45, 2.75) is 10.1 Å². The first kappa shape index (κ1) is 14.0. The van der Waals surface area contributed by atoms with E-state index in [4.69, 9.17) is 11.5 Å². The van der Waals surface area contributed by atoms with Gasteiger partial charge in [-0.15, -0.1) is 11.8 Å². The molecule has 7 heteroatoms. The van der Waals surface area contributed by atoms with Gasteiger partial charge in [0.2, 0.25) is 0 Å². The lowest BCUT2D eigenvalue weighted by atomic mass is 10.3. The van der Waals surface area contributed by atoms with Crippen molar-refractivity contribution in [2.75, 3.05) is 23.0 Å². The predicted molar refractivity (Wildman–Crippen MR) is 78.7 cm³/mol. The van der Waals surface area contributed by atoms with Gasteiger partial charge in [-0.2, -0.15) is 0 Å². The van der Waals surface area contributed by atoms with Crippen LogP contribution in [0.2, 0.25) is 0 Å². The van der Waals surface area contributed by atoms with Crippen LogP contribution in [0.4, 0.5) is 16.0 Å². The first-order valence-corrected chi connectivity index (χ1v) is 7.52. The van der Waals surface area contributed by atoms with E-state index in [-0.39, 0.29) is 5.82 Å². The number of anilines is 2. The molecule has 2 aromatic rings. The smallest absolute Gasteiger partial charge is 0.191 e. The summed E-state index contributed by atoms with van der Waals surface area (Å²) >= 11 is 2.91. The number of rotatable bonds is 5. The minimum Gasteiger partial charge on any atom is -0.383 e. The second kappa shape index (κ2) is 6.63. The third-order valence-corrected chi connectivity index (χ3v) is 4.31. The highest BCUT2D eigenvalue weighted by Crippen LogP contribution is 2.24. The minimum atomic E-state index is -0.193. The summed E-state index contributed by atoms with van der Waals surface area (Å²) in [5.41, 5.74) is 11.2. The molecule has 0 bridgehead atoms. The van der Waals surface area contributed by atoms with Crippen molar-refractivity contribution in [3.63, 3.8) is 0 Å². The molecule has 0 aliphatic rings. The molecule has 0 radical (unpaired) electrons. The molecule has 100 valence electrons. The fourth-order valence-electron chi connectivity index (χ4n) is 1.37. The summed E-state index contributed by atoms with van der Waals surface area (Å²) in [6, 6.07) is 8.23. The molecule has 1 heterocycles. The molecule has 19 heavy (non-hydrogen) atoms. The number of nitrogens with two attached hydrogens (primary N) is 2. The third kappa shape index (κ3) is 4.29. The van der Waals surface area contributed by atoms with Gasteiger partial charge >= 0.3 is 0 Å². The Bertz CT molecular complexity index is 545. The Kier molecular flexibility index (Phi) is 4.86. The SMILES string of the molecule is Nc1cc(N)nc(SCCSc2ccccc2F)n1. The number of nitrogens with zero attached hydrogens (tertiary/aromatic N) is 2. The Morgan fingerprint density at radius 1 is 1.00 bits per heavy atom. The van der Waals surface area contributed by atoms with Gasteiger partial charge in [0, 0.05) is 22.5 Å². The van der Waals surface area contributed by atoms with Crippen LogP contribution in [0.1, 0.15) is 0 Å². The van der Waals surface area contributed by atoms with Gasteiger partial charge in [0.05, 0.1) is 0 Å². The zero-order valence-electron chi connectivity index (χ0n) is 10.0. The van der Waals surface area contributed by atoms with Gasteiger partial charge in [0.25, 0.3) is 0 Å². The van der Waals surface area contributed by atoms with Crippen LogP contribution < -0.4 is 11.5 Å². The topological polar surface area (TPSA) is 77.8 Å². The zero-order chi connectivity index (χ0) is 13.7. The van der Waals surface area contributed by atoms with Crippen molar-refractivity contribution in [2.24, 2.45) is 0 Å². The van der Waals surface area contributed by atoms with Crippen LogP contribution >= 0.6 is 23.5 Å². The van der Waals surface area contributed by atoms with E-state index < -0.39 is 0 Å². The highest BCUT2D eigenvalue weighted by molar-refractivity contribution is 8.02. The summed E-state index contributed by atoms with van der Waals surface area (Å²) in [5.74, 6) is 2.03. The molecule has 4 N–H and O–H groups in total. The molecular formula is C12H13FN4S2. The normalized spacial score (nSPS) is 10.6. The molecule has 0 amide bonds. The molecule has 1 aromatic carbocycles. The summed E-state index contributed by atoms with van der Waals surface area (Å²) in [6.45, 7) is 0. The van der Waals surface area contributed by atoms with Crippen LogP contribution in [0.5, 0.6) is 0 Å². The third-order valence-electron chi connectivity index (χ3n) is 2.15. The molecule has 0 spiro atoms. The minimum absolute atomic E-state index is 0.193.